The van der Waals surface area contributed by atoms with Gasteiger partial charge in [-0.3, -0.25) is 4.90 Å². The largest absolute Gasteiger partial charge is 0.459 e. The second-order valence-corrected chi connectivity index (χ2v) is 6.52. The van der Waals surface area contributed by atoms with Crippen LogP contribution in [0, 0.1) is 5.92 Å². The molecule has 102 valence electrons. The van der Waals surface area contributed by atoms with Gasteiger partial charge in [0.05, 0.1) is 6.04 Å². The van der Waals surface area contributed by atoms with Crippen LogP contribution in [0.25, 0.3) is 11.0 Å². The number of nitrogens with two attached hydrogens (primary N) is 1. The molecule has 2 aromatic rings. The summed E-state index contributed by atoms with van der Waals surface area (Å²) in [6.07, 6.45) is 0. The summed E-state index contributed by atoms with van der Waals surface area (Å²) >= 11 is 3.49. The summed E-state index contributed by atoms with van der Waals surface area (Å²) in [6.45, 7) is 6.40. The molecule has 3 atom stereocenters. The van der Waals surface area contributed by atoms with E-state index in [1.54, 1.807) is 0 Å². The molecule has 0 amide bonds. The van der Waals surface area contributed by atoms with Crippen molar-refractivity contribution >= 4 is 26.9 Å². The Bertz CT molecular complexity index is 585. The Morgan fingerprint density at radius 3 is 2.84 bits per heavy atom. The summed E-state index contributed by atoms with van der Waals surface area (Å²) in [7, 11) is 0. The van der Waals surface area contributed by atoms with E-state index in [2.05, 4.69) is 46.8 Å². The first-order valence-corrected chi connectivity index (χ1v) is 7.52. The fourth-order valence-corrected chi connectivity index (χ4v) is 3.15. The van der Waals surface area contributed by atoms with Gasteiger partial charge in [-0.05, 0) is 37.1 Å². The zero-order valence-corrected chi connectivity index (χ0v) is 12.9. The van der Waals surface area contributed by atoms with Gasteiger partial charge in [-0.2, -0.15) is 0 Å². The van der Waals surface area contributed by atoms with E-state index >= 15 is 0 Å². The van der Waals surface area contributed by atoms with Gasteiger partial charge in [0.15, 0.2) is 0 Å². The van der Waals surface area contributed by atoms with Gasteiger partial charge in [-0.1, -0.05) is 22.9 Å². The van der Waals surface area contributed by atoms with Crippen LogP contribution in [0.2, 0.25) is 0 Å². The first-order chi connectivity index (χ1) is 9.04. The zero-order chi connectivity index (χ0) is 13.6. The third-order valence-corrected chi connectivity index (χ3v) is 4.65. The Morgan fingerprint density at radius 2 is 2.16 bits per heavy atom. The normalized spacial score (nSPS) is 26.1. The van der Waals surface area contributed by atoms with E-state index in [1.807, 2.05) is 12.1 Å². The van der Waals surface area contributed by atoms with E-state index in [4.69, 9.17) is 10.2 Å². The van der Waals surface area contributed by atoms with Crippen LogP contribution in [0.4, 0.5) is 0 Å². The Hall–Kier alpha value is -0.840. The molecule has 2 N–H and O–H groups in total. The summed E-state index contributed by atoms with van der Waals surface area (Å²) in [4.78, 5) is 2.40. The van der Waals surface area contributed by atoms with Crippen LogP contribution < -0.4 is 5.73 Å². The summed E-state index contributed by atoms with van der Waals surface area (Å²) in [6, 6.07) is 8.80. The molecule has 3 unspecified atom stereocenters. The highest BCUT2D eigenvalue weighted by molar-refractivity contribution is 9.10. The van der Waals surface area contributed by atoms with Crippen LogP contribution in [-0.4, -0.2) is 24.0 Å². The van der Waals surface area contributed by atoms with Crippen molar-refractivity contribution in [2.75, 3.05) is 13.1 Å². The van der Waals surface area contributed by atoms with Crippen molar-refractivity contribution in [1.29, 1.82) is 0 Å². The minimum absolute atomic E-state index is 0.279. The van der Waals surface area contributed by atoms with E-state index in [9.17, 15) is 0 Å². The van der Waals surface area contributed by atoms with Gasteiger partial charge in [0.2, 0.25) is 0 Å². The second-order valence-electron chi connectivity index (χ2n) is 5.60. The van der Waals surface area contributed by atoms with Crippen molar-refractivity contribution in [3.63, 3.8) is 0 Å². The lowest BCUT2D eigenvalue weighted by molar-refractivity contribution is 0.227. The Labute approximate surface area is 121 Å². The van der Waals surface area contributed by atoms with Gasteiger partial charge in [0.1, 0.15) is 11.3 Å². The predicted molar refractivity (Wildman–Crippen MR) is 81.0 cm³/mol. The van der Waals surface area contributed by atoms with Crippen molar-refractivity contribution in [3.05, 3.63) is 34.5 Å². The maximum atomic E-state index is 6.10. The number of rotatable bonds is 2. The Balaban J connectivity index is 1.87. The van der Waals surface area contributed by atoms with Crippen molar-refractivity contribution in [1.82, 2.24) is 4.90 Å². The van der Waals surface area contributed by atoms with E-state index in [-0.39, 0.29) is 12.1 Å². The fraction of sp³-hybridized carbons (Fsp3) is 0.467. The van der Waals surface area contributed by atoms with E-state index in [1.165, 1.54) is 0 Å². The lowest BCUT2D eigenvalue weighted by Crippen LogP contribution is -2.29. The average molecular weight is 323 g/mol. The molecule has 1 saturated heterocycles. The predicted octanol–water partition coefficient (Wildman–Crippen LogP) is 3.54. The number of nitrogens with zero attached hydrogens (tertiary/aromatic N) is 1. The molecule has 4 heteroatoms. The number of hydrogen-bond acceptors (Lipinski definition) is 3. The first kappa shape index (κ1) is 13.2. The SMILES string of the molecule is CC1CN(C(C)c2cc3cc(Br)ccc3o2)CC1N. The number of benzene rings is 1. The lowest BCUT2D eigenvalue weighted by Gasteiger charge is -2.22. The van der Waals surface area contributed by atoms with E-state index in [0.717, 1.165) is 34.3 Å². The fourth-order valence-electron chi connectivity index (χ4n) is 2.77. The minimum atomic E-state index is 0.279. The monoisotopic (exact) mass is 322 g/mol. The molecule has 0 bridgehead atoms. The zero-order valence-electron chi connectivity index (χ0n) is 11.3. The van der Waals surface area contributed by atoms with E-state index in [0.29, 0.717) is 5.92 Å². The summed E-state index contributed by atoms with van der Waals surface area (Å²) < 4.78 is 7.04. The number of furan rings is 1. The molecule has 2 heterocycles. The average Bonchev–Trinajstić information content (AvgIpc) is 2.92. The Kier molecular flexibility index (Phi) is 3.41. The molecule has 1 aliphatic rings. The molecule has 0 aliphatic carbocycles. The first-order valence-electron chi connectivity index (χ1n) is 6.73. The number of fused-ring (bicyclic) bond motifs is 1. The number of hydrogen-bond donors (Lipinski definition) is 1. The van der Waals surface area contributed by atoms with Crippen molar-refractivity contribution in [2.45, 2.75) is 25.9 Å². The highest BCUT2D eigenvalue weighted by atomic mass is 79.9. The quantitative estimate of drug-likeness (QED) is 0.919. The van der Waals surface area contributed by atoms with Crippen LogP contribution in [0.3, 0.4) is 0 Å². The molecule has 1 fully saturated rings. The number of halogens is 1. The van der Waals surface area contributed by atoms with Crippen LogP contribution in [0.5, 0.6) is 0 Å². The second kappa shape index (κ2) is 4.93. The molecular weight excluding hydrogens is 304 g/mol. The third-order valence-electron chi connectivity index (χ3n) is 4.16. The number of likely N-dealkylation sites (tertiary alicyclic amines) is 1. The molecule has 19 heavy (non-hydrogen) atoms. The Morgan fingerprint density at radius 1 is 1.37 bits per heavy atom. The minimum Gasteiger partial charge on any atom is -0.459 e. The third kappa shape index (κ3) is 2.45. The summed E-state index contributed by atoms with van der Waals surface area (Å²) in [5, 5.41) is 1.15. The molecular formula is C15H19BrN2O. The van der Waals surface area contributed by atoms with Crippen LogP contribution in [0.15, 0.2) is 33.2 Å². The maximum Gasteiger partial charge on any atom is 0.134 e. The standard InChI is InChI=1S/C15H19BrN2O/c1-9-7-18(8-13(9)17)10(2)15-6-11-5-12(16)3-4-14(11)19-15/h3-6,9-10,13H,7-8,17H2,1-2H3. The van der Waals surface area contributed by atoms with Crippen LogP contribution >= 0.6 is 15.9 Å². The van der Waals surface area contributed by atoms with Gasteiger partial charge in [-0.15, -0.1) is 0 Å². The van der Waals surface area contributed by atoms with Gasteiger partial charge in [0.25, 0.3) is 0 Å². The topological polar surface area (TPSA) is 42.4 Å². The molecule has 3 rings (SSSR count). The van der Waals surface area contributed by atoms with Crippen LogP contribution in [0.1, 0.15) is 25.6 Å². The van der Waals surface area contributed by atoms with Gasteiger partial charge >= 0.3 is 0 Å². The summed E-state index contributed by atoms with van der Waals surface area (Å²) in [5.74, 6) is 1.58. The maximum absolute atomic E-state index is 6.10. The summed E-state index contributed by atoms with van der Waals surface area (Å²) in [5.41, 5.74) is 7.05. The van der Waals surface area contributed by atoms with Crippen molar-refractivity contribution in [2.24, 2.45) is 11.7 Å². The van der Waals surface area contributed by atoms with Gasteiger partial charge in [0, 0.05) is 29.0 Å². The highest BCUT2D eigenvalue weighted by Gasteiger charge is 2.31. The smallest absolute Gasteiger partial charge is 0.134 e. The lowest BCUT2D eigenvalue weighted by atomic mass is 10.1. The van der Waals surface area contributed by atoms with Crippen molar-refractivity contribution in [3.8, 4) is 0 Å². The van der Waals surface area contributed by atoms with Crippen LogP contribution in [-0.2, 0) is 0 Å². The van der Waals surface area contributed by atoms with E-state index < -0.39 is 0 Å². The molecule has 3 nitrogen and oxygen atoms in total. The van der Waals surface area contributed by atoms with Gasteiger partial charge in [-0.25, -0.2) is 0 Å². The molecule has 1 aromatic carbocycles. The molecule has 1 aromatic heterocycles. The molecule has 0 radical (unpaired) electrons. The molecule has 0 saturated carbocycles. The van der Waals surface area contributed by atoms with Gasteiger partial charge < -0.3 is 10.2 Å². The molecule has 1 aliphatic heterocycles. The highest BCUT2D eigenvalue weighted by Crippen LogP contribution is 2.31. The van der Waals surface area contributed by atoms with Crippen molar-refractivity contribution < 1.29 is 4.42 Å². The molecule has 0 spiro atoms.